The van der Waals surface area contributed by atoms with E-state index in [9.17, 15) is 0 Å². The van der Waals surface area contributed by atoms with Gasteiger partial charge < -0.3 is 4.48 Å². The van der Waals surface area contributed by atoms with Gasteiger partial charge in [-0.1, -0.05) is 97.8 Å². The third-order valence-electron chi connectivity index (χ3n) is 6.15. The van der Waals surface area contributed by atoms with E-state index >= 15 is 0 Å². The zero-order valence-electron chi connectivity index (χ0n) is 21.3. The van der Waals surface area contributed by atoms with Gasteiger partial charge in [0, 0.05) is 0 Å². The Hall–Kier alpha value is 1.83. The summed E-state index contributed by atoms with van der Waals surface area (Å²) in [4.78, 5) is 0. The Labute approximate surface area is 215 Å². The van der Waals surface area contributed by atoms with Crippen molar-refractivity contribution < 1.29 is 16.8 Å². The van der Waals surface area contributed by atoms with Gasteiger partial charge in [-0.3, -0.25) is 0 Å². The maximum atomic E-state index is 5.01. The van der Waals surface area contributed by atoms with Crippen molar-refractivity contribution >= 4 is 37.2 Å². The number of nitrogens with zero attached hydrogens (tertiary/aromatic N) is 1. The first-order valence-corrected chi connectivity index (χ1v) is 21.9. The van der Waals surface area contributed by atoms with Crippen LogP contribution in [0.3, 0.4) is 0 Å². The first-order valence-electron chi connectivity index (χ1n) is 13.3. The summed E-state index contributed by atoms with van der Waals surface area (Å²) >= 11 is -3.11. The summed E-state index contributed by atoms with van der Waals surface area (Å²) < 4.78 is 1.36. The number of rotatable bonds is 21. The third kappa shape index (κ3) is 34.1. The number of halogens is 4. The standard InChI is InChI=1S/C25H54N.4ClH.Ti/c1-5-8-11-14-17-20-23-26(4,24-21-18-15-12-9-6-2)25-22-19-16-13-10-7-3;;;;;/h5-25H2,1-4H3;4*1H;/q+1;;;;;+4/p-4. The van der Waals surface area contributed by atoms with Crippen molar-refractivity contribution in [2.24, 2.45) is 0 Å². The van der Waals surface area contributed by atoms with E-state index in [1.54, 1.807) is 0 Å². The van der Waals surface area contributed by atoms with Gasteiger partial charge in [0.15, 0.2) is 0 Å². The molecule has 0 aliphatic carbocycles. The van der Waals surface area contributed by atoms with Crippen LogP contribution in [-0.2, 0) is 12.3 Å². The van der Waals surface area contributed by atoms with Crippen molar-refractivity contribution in [3.05, 3.63) is 0 Å². The van der Waals surface area contributed by atoms with Gasteiger partial charge >= 0.3 is 49.6 Å². The van der Waals surface area contributed by atoms with Crippen molar-refractivity contribution in [2.45, 2.75) is 136 Å². The second-order valence-electron chi connectivity index (χ2n) is 9.52. The molecule has 0 unspecified atom stereocenters. The van der Waals surface area contributed by atoms with Gasteiger partial charge in [0.05, 0.1) is 26.7 Å². The predicted octanol–water partition coefficient (Wildman–Crippen LogP) is 11.3. The van der Waals surface area contributed by atoms with Crippen LogP contribution < -0.4 is 0 Å². The van der Waals surface area contributed by atoms with Crippen LogP contribution >= 0.6 is 37.2 Å². The second kappa shape index (κ2) is 24.9. The Morgan fingerprint density at radius 1 is 0.419 bits per heavy atom. The molecule has 0 aromatic heterocycles. The van der Waals surface area contributed by atoms with E-state index < -0.39 is 12.3 Å². The molecule has 0 atom stereocenters. The molecule has 6 heteroatoms. The van der Waals surface area contributed by atoms with Crippen molar-refractivity contribution in [3.8, 4) is 0 Å². The SMILES string of the molecule is CCCCCCCC[N+](C)(CCCCCCCC)CCCCCCCC.[Cl][Ti]([Cl])([Cl])[Cl]. The fourth-order valence-electron chi connectivity index (χ4n) is 4.16. The molecule has 0 saturated heterocycles. The number of hydrogen-bond acceptors (Lipinski definition) is 0. The predicted molar refractivity (Wildman–Crippen MR) is 144 cm³/mol. The van der Waals surface area contributed by atoms with Crippen molar-refractivity contribution in [1.29, 1.82) is 0 Å². The summed E-state index contributed by atoms with van der Waals surface area (Å²) in [6, 6.07) is 0. The first-order chi connectivity index (χ1) is 14.7. The molecule has 0 radical (unpaired) electrons. The average molecular weight is 558 g/mol. The Morgan fingerprint density at radius 3 is 0.839 bits per heavy atom. The van der Waals surface area contributed by atoms with E-state index in [1.165, 1.54) is 140 Å². The van der Waals surface area contributed by atoms with E-state index in [1.807, 2.05) is 0 Å². The van der Waals surface area contributed by atoms with Gasteiger partial charge in [-0.05, 0) is 38.5 Å². The summed E-state index contributed by atoms with van der Waals surface area (Å²) in [5, 5.41) is 0. The average Bonchev–Trinajstić information content (AvgIpc) is 2.69. The molecule has 0 aliphatic heterocycles. The van der Waals surface area contributed by atoms with Gasteiger partial charge in [0.2, 0.25) is 0 Å². The maximum absolute atomic E-state index is 5.01. The summed E-state index contributed by atoms with van der Waals surface area (Å²) in [7, 11) is 22.6. The molecule has 0 N–H and O–H groups in total. The molecule has 1 nitrogen and oxygen atoms in total. The molecular weight excluding hydrogens is 504 g/mol. The molecule has 0 aromatic rings. The third-order valence-corrected chi connectivity index (χ3v) is 6.15. The Balaban J connectivity index is 0. The summed E-state index contributed by atoms with van der Waals surface area (Å²) in [6.07, 6.45) is 25.9. The number of quaternary nitrogens is 1. The van der Waals surface area contributed by atoms with E-state index in [-0.39, 0.29) is 0 Å². The van der Waals surface area contributed by atoms with E-state index in [0.717, 1.165) is 0 Å². The molecule has 190 valence electrons. The molecule has 0 spiro atoms. The van der Waals surface area contributed by atoms with E-state index in [2.05, 4.69) is 27.8 Å². The molecule has 0 aromatic carbocycles. The van der Waals surface area contributed by atoms with Crippen LogP contribution in [0.25, 0.3) is 0 Å². The van der Waals surface area contributed by atoms with Crippen LogP contribution in [-0.4, -0.2) is 31.2 Å². The van der Waals surface area contributed by atoms with Gasteiger partial charge in [0.25, 0.3) is 0 Å². The monoisotopic (exact) mass is 556 g/mol. The van der Waals surface area contributed by atoms with Crippen LogP contribution in [0, 0.1) is 0 Å². The molecule has 0 fully saturated rings. The molecule has 31 heavy (non-hydrogen) atoms. The van der Waals surface area contributed by atoms with Gasteiger partial charge in [-0.2, -0.15) is 0 Å². The fraction of sp³-hybridized carbons (Fsp3) is 1.00. The van der Waals surface area contributed by atoms with Gasteiger partial charge in [-0.25, -0.2) is 0 Å². The van der Waals surface area contributed by atoms with Crippen LogP contribution in [0.5, 0.6) is 0 Å². The second-order valence-corrected chi connectivity index (χ2v) is 25.0. The van der Waals surface area contributed by atoms with Gasteiger partial charge in [-0.15, -0.1) is 0 Å². The number of hydrogen-bond donors (Lipinski definition) is 0. The van der Waals surface area contributed by atoms with Crippen LogP contribution in [0.1, 0.15) is 136 Å². The van der Waals surface area contributed by atoms with Crippen LogP contribution in [0.2, 0.25) is 0 Å². The van der Waals surface area contributed by atoms with E-state index in [0.29, 0.717) is 0 Å². The molecule has 0 aliphatic rings. The van der Waals surface area contributed by atoms with Crippen molar-refractivity contribution in [2.75, 3.05) is 26.7 Å². The molecule has 0 rings (SSSR count). The first kappa shape index (κ1) is 35.0. The summed E-state index contributed by atoms with van der Waals surface area (Å²) in [6.45, 7) is 11.2. The Kier molecular flexibility index (Phi) is 28.2. The zero-order valence-corrected chi connectivity index (χ0v) is 25.9. The summed E-state index contributed by atoms with van der Waals surface area (Å²) in [5.74, 6) is 0. The topological polar surface area (TPSA) is 0 Å². The molecule has 0 saturated carbocycles. The summed E-state index contributed by atoms with van der Waals surface area (Å²) in [5.41, 5.74) is 0. The van der Waals surface area contributed by atoms with Crippen molar-refractivity contribution in [3.63, 3.8) is 0 Å². The van der Waals surface area contributed by atoms with Crippen molar-refractivity contribution in [1.82, 2.24) is 0 Å². The van der Waals surface area contributed by atoms with Gasteiger partial charge in [0.1, 0.15) is 0 Å². The number of unbranched alkanes of at least 4 members (excludes halogenated alkanes) is 15. The molecule has 0 heterocycles. The fourth-order valence-corrected chi connectivity index (χ4v) is 4.16. The van der Waals surface area contributed by atoms with E-state index in [4.69, 9.17) is 37.2 Å². The normalized spacial score (nSPS) is 12.0. The molecular formula is C25H54Cl4NTi+. The Bertz CT molecular complexity index is 304. The molecule has 0 bridgehead atoms. The minimum absolute atomic E-state index is 1.36. The minimum atomic E-state index is -3.11. The molecule has 0 amide bonds. The Morgan fingerprint density at radius 2 is 0.613 bits per heavy atom. The van der Waals surface area contributed by atoms with Crippen LogP contribution in [0.15, 0.2) is 0 Å². The zero-order chi connectivity index (χ0) is 23.8. The quantitative estimate of drug-likeness (QED) is 0.0747. The van der Waals surface area contributed by atoms with Crippen LogP contribution in [0.4, 0.5) is 0 Å².